The van der Waals surface area contributed by atoms with Crippen molar-refractivity contribution in [2.24, 2.45) is 0 Å². The number of anilines is 3. The van der Waals surface area contributed by atoms with E-state index in [2.05, 4.69) is 163 Å². The molecule has 0 fully saturated rings. The van der Waals surface area contributed by atoms with E-state index in [9.17, 15) is 0 Å². The topological polar surface area (TPSA) is 16.4 Å². The molecule has 212 valence electrons. The van der Waals surface area contributed by atoms with Crippen LogP contribution in [0.5, 0.6) is 0 Å². The molecule has 45 heavy (non-hydrogen) atoms. The first-order chi connectivity index (χ1) is 22.3. The number of furan rings is 1. The maximum absolute atomic E-state index is 6.37. The molecule has 0 N–H and O–H groups in total. The molecular weight excluding hydrogens is 567 g/mol. The summed E-state index contributed by atoms with van der Waals surface area (Å²) in [6.07, 6.45) is 0. The molecule has 0 radical (unpaired) electrons. The van der Waals surface area contributed by atoms with Crippen molar-refractivity contribution in [3.8, 4) is 22.3 Å². The van der Waals surface area contributed by atoms with Crippen LogP contribution in [-0.2, 0) is 0 Å². The molecule has 0 aliphatic carbocycles. The lowest BCUT2D eigenvalue weighted by molar-refractivity contribution is 0.669. The van der Waals surface area contributed by atoms with E-state index in [1.807, 2.05) is 17.4 Å². The van der Waals surface area contributed by atoms with Gasteiger partial charge in [-0.3, -0.25) is 0 Å². The highest BCUT2D eigenvalue weighted by atomic mass is 32.1. The summed E-state index contributed by atoms with van der Waals surface area (Å²) >= 11 is 1.85. The fourth-order valence-electron chi connectivity index (χ4n) is 6.69. The summed E-state index contributed by atoms with van der Waals surface area (Å²) < 4.78 is 8.93. The molecule has 2 aromatic heterocycles. The van der Waals surface area contributed by atoms with E-state index in [-0.39, 0.29) is 0 Å². The largest absolute Gasteiger partial charge is 0.456 e. The average Bonchev–Trinajstić information content (AvgIpc) is 3.68. The minimum Gasteiger partial charge on any atom is -0.456 e. The molecule has 7 aromatic carbocycles. The van der Waals surface area contributed by atoms with Crippen molar-refractivity contribution < 1.29 is 4.42 Å². The normalized spacial score (nSPS) is 11.6. The second-order valence-corrected chi connectivity index (χ2v) is 12.4. The van der Waals surface area contributed by atoms with Crippen molar-refractivity contribution in [1.29, 1.82) is 0 Å². The summed E-state index contributed by atoms with van der Waals surface area (Å²) in [6.45, 7) is 0. The van der Waals surface area contributed by atoms with E-state index in [0.717, 1.165) is 39.0 Å². The van der Waals surface area contributed by atoms with Crippen molar-refractivity contribution >= 4 is 70.5 Å². The third kappa shape index (κ3) is 4.24. The van der Waals surface area contributed by atoms with Crippen molar-refractivity contribution in [2.75, 3.05) is 4.90 Å². The molecule has 0 saturated heterocycles. The highest BCUT2D eigenvalue weighted by Crippen LogP contribution is 2.48. The predicted molar refractivity (Wildman–Crippen MR) is 192 cm³/mol. The van der Waals surface area contributed by atoms with Gasteiger partial charge in [0, 0.05) is 31.2 Å². The smallest absolute Gasteiger partial charge is 0.137 e. The summed E-state index contributed by atoms with van der Waals surface area (Å²) in [7, 11) is 0. The molecule has 2 nitrogen and oxygen atoms in total. The summed E-state index contributed by atoms with van der Waals surface area (Å²) in [5.74, 6) is 0. The van der Waals surface area contributed by atoms with Gasteiger partial charge in [0.1, 0.15) is 11.2 Å². The van der Waals surface area contributed by atoms with Crippen LogP contribution in [0.15, 0.2) is 168 Å². The van der Waals surface area contributed by atoms with Gasteiger partial charge in [0.2, 0.25) is 0 Å². The van der Waals surface area contributed by atoms with Crippen LogP contribution in [0.4, 0.5) is 17.1 Å². The minimum absolute atomic E-state index is 0.884. The van der Waals surface area contributed by atoms with Gasteiger partial charge < -0.3 is 9.32 Å². The first kappa shape index (κ1) is 25.8. The van der Waals surface area contributed by atoms with E-state index in [1.54, 1.807) is 0 Å². The standard InChI is InChI=1S/C42H27NOS/c1-2-12-28(13-3-1)31-14-4-5-15-32(31)29-24-26-30(27-25-29)43(35-18-10-21-38-41(35)33-16-6-8-20-37(33)44-38)36-19-11-23-40-42(36)34-17-7-9-22-39(34)45-40/h1-27H. The number of nitrogens with zero attached hydrogens (tertiary/aromatic N) is 1. The Morgan fingerprint density at radius 1 is 0.400 bits per heavy atom. The zero-order valence-corrected chi connectivity index (χ0v) is 25.2. The molecule has 0 atom stereocenters. The van der Waals surface area contributed by atoms with E-state index in [1.165, 1.54) is 42.4 Å². The van der Waals surface area contributed by atoms with Crippen LogP contribution in [0.2, 0.25) is 0 Å². The molecule has 0 aliphatic heterocycles. The first-order valence-electron chi connectivity index (χ1n) is 15.2. The second kappa shape index (κ2) is 10.5. The number of thiophene rings is 1. The van der Waals surface area contributed by atoms with Crippen LogP contribution in [0.1, 0.15) is 0 Å². The molecule has 0 unspecified atom stereocenters. The molecule has 2 heterocycles. The van der Waals surface area contributed by atoms with E-state index in [0.29, 0.717) is 0 Å². The monoisotopic (exact) mass is 593 g/mol. The van der Waals surface area contributed by atoms with E-state index < -0.39 is 0 Å². The zero-order chi connectivity index (χ0) is 29.7. The van der Waals surface area contributed by atoms with Crippen LogP contribution in [0.25, 0.3) is 64.4 Å². The van der Waals surface area contributed by atoms with Crippen LogP contribution >= 0.6 is 11.3 Å². The Labute approximate surface area is 265 Å². The quantitative estimate of drug-likeness (QED) is 0.197. The molecule has 0 spiro atoms. The van der Waals surface area contributed by atoms with E-state index >= 15 is 0 Å². The molecule has 9 rings (SSSR count). The maximum atomic E-state index is 6.37. The van der Waals surface area contributed by atoms with Crippen molar-refractivity contribution in [3.63, 3.8) is 0 Å². The highest BCUT2D eigenvalue weighted by Gasteiger charge is 2.22. The van der Waals surface area contributed by atoms with Gasteiger partial charge >= 0.3 is 0 Å². The Morgan fingerprint density at radius 3 is 1.78 bits per heavy atom. The van der Waals surface area contributed by atoms with Crippen molar-refractivity contribution in [1.82, 2.24) is 0 Å². The first-order valence-corrected chi connectivity index (χ1v) is 16.0. The molecule has 0 aliphatic rings. The second-order valence-electron chi connectivity index (χ2n) is 11.3. The zero-order valence-electron chi connectivity index (χ0n) is 24.4. The van der Waals surface area contributed by atoms with Gasteiger partial charge in [-0.1, -0.05) is 115 Å². The van der Waals surface area contributed by atoms with Gasteiger partial charge in [0.25, 0.3) is 0 Å². The lowest BCUT2D eigenvalue weighted by Gasteiger charge is -2.27. The molecule has 3 heteroatoms. The Kier molecular flexibility index (Phi) is 6.03. The van der Waals surface area contributed by atoms with Gasteiger partial charge in [0.15, 0.2) is 0 Å². The van der Waals surface area contributed by atoms with Crippen molar-refractivity contribution in [3.05, 3.63) is 164 Å². The van der Waals surface area contributed by atoms with Gasteiger partial charge in [-0.05, 0) is 70.8 Å². The Bertz CT molecular complexity index is 2370. The number of fused-ring (bicyclic) bond motifs is 6. The number of rotatable bonds is 5. The average molecular weight is 594 g/mol. The molecule has 0 saturated carbocycles. The third-order valence-electron chi connectivity index (χ3n) is 8.69. The van der Waals surface area contributed by atoms with Gasteiger partial charge in [-0.15, -0.1) is 11.3 Å². The maximum Gasteiger partial charge on any atom is 0.137 e. The van der Waals surface area contributed by atoms with Gasteiger partial charge in [0.05, 0.1) is 16.8 Å². The minimum atomic E-state index is 0.884. The summed E-state index contributed by atoms with van der Waals surface area (Å²) in [5, 5.41) is 4.77. The predicted octanol–water partition coefficient (Wildman–Crippen LogP) is 12.8. The Hall–Kier alpha value is -5.64. The molecule has 0 amide bonds. The van der Waals surface area contributed by atoms with Crippen LogP contribution < -0.4 is 4.90 Å². The molecule has 9 aromatic rings. The fraction of sp³-hybridized carbons (Fsp3) is 0. The van der Waals surface area contributed by atoms with E-state index in [4.69, 9.17) is 4.42 Å². The number of hydrogen-bond acceptors (Lipinski definition) is 3. The lowest BCUT2D eigenvalue weighted by atomic mass is 9.94. The SMILES string of the molecule is c1ccc(-c2ccccc2-c2ccc(N(c3cccc4oc5ccccc5c34)c3cccc4sc5ccccc5c34)cc2)cc1. The number of para-hydroxylation sites is 1. The highest BCUT2D eigenvalue weighted by molar-refractivity contribution is 7.26. The van der Waals surface area contributed by atoms with Gasteiger partial charge in [-0.25, -0.2) is 0 Å². The van der Waals surface area contributed by atoms with Crippen molar-refractivity contribution in [2.45, 2.75) is 0 Å². The van der Waals surface area contributed by atoms with Crippen LogP contribution in [-0.4, -0.2) is 0 Å². The lowest BCUT2D eigenvalue weighted by Crippen LogP contribution is -2.10. The Morgan fingerprint density at radius 2 is 0.978 bits per heavy atom. The summed E-state index contributed by atoms with van der Waals surface area (Å²) in [4.78, 5) is 2.42. The number of hydrogen-bond donors (Lipinski definition) is 0. The third-order valence-corrected chi connectivity index (χ3v) is 9.83. The summed E-state index contributed by atoms with van der Waals surface area (Å²) in [5.41, 5.74) is 9.97. The molecular formula is C42H27NOS. The number of benzene rings is 7. The van der Waals surface area contributed by atoms with Crippen LogP contribution in [0, 0.1) is 0 Å². The Balaban J connectivity index is 1.29. The van der Waals surface area contributed by atoms with Crippen LogP contribution in [0.3, 0.4) is 0 Å². The van der Waals surface area contributed by atoms with Gasteiger partial charge in [-0.2, -0.15) is 0 Å². The fourth-order valence-corrected chi connectivity index (χ4v) is 7.81. The molecule has 0 bridgehead atoms. The summed E-state index contributed by atoms with van der Waals surface area (Å²) in [6, 6.07) is 58.4.